The highest BCUT2D eigenvalue weighted by Gasteiger charge is 2.16. The molecule has 0 aliphatic heterocycles. The number of carbonyl (C=O) groups is 1. The predicted molar refractivity (Wildman–Crippen MR) is 117 cm³/mol. The van der Waals surface area contributed by atoms with Gasteiger partial charge in [-0.05, 0) is 54.6 Å². The fourth-order valence-corrected chi connectivity index (χ4v) is 3.42. The number of hydrogen-bond acceptors (Lipinski definition) is 5. The summed E-state index contributed by atoms with van der Waals surface area (Å²) in [5.41, 5.74) is 5.48. The SMILES string of the molecule is O=C(Nn1ccc(-c2ccco2)n1)c1cc(-c2ccc(OC(F)F)cc2)nc2ccccc12. The molecule has 0 aliphatic carbocycles. The van der Waals surface area contributed by atoms with Gasteiger partial charge in [-0.25, -0.2) is 10.4 Å². The molecule has 33 heavy (non-hydrogen) atoms. The fraction of sp³-hybridized carbons (Fsp3) is 0.0417. The van der Waals surface area contributed by atoms with E-state index in [1.165, 1.54) is 16.9 Å². The second kappa shape index (κ2) is 8.54. The second-order valence-electron chi connectivity index (χ2n) is 7.04. The van der Waals surface area contributed by atoms with Crippen molar-refractivity contribution in [3.8, 4) is 28.5 Å². The highest BCUT2D eigenvalue weighted by atomic mass is 19.3. The van der Waals surface area contributed by atoms with Crippen LogP contribution in [0.1, 0.15) is 10.4 Å². The van der Waals surface area contributed by atoms with E-state index in [-0.39, 0.29) is 11.7 Å². The van der Waals surface area contributed by atoms with Gasteiger partial charge in [-0.2, -0.15) is 13.6 Å². The first-order chi connectivity index (χ1) is 16.1. The topological polar surface area (TPSA) is 82.2 Å². The van der Waals surface area contributed by atoms with E-state index in [4.69, 9.17) is 4.42 Å². The standard InChI is InChI=1S/C24H16F2N4O3/c25-24(26)33-16-9-7-15(8-10-16)21-14-18(17-4-1-2-5-19(17)27-21)23(31)29-30-12-11-20(28-30)22-6-3-13-32-22/h1-14,24H,(H,29,31). The number of para-hydroxylation sites is 1. The minimum atomic E-state index is -2.90. The molecule has 0 bridgehead atoms. The van der Waals surface area contributed by atoms with Gasteiger partial charge in [0.1, 0.15) is 11.4 Å². The lowest BCUT2D eigenvalue weighted by Crippen LogP contribution is -2.23. The molecule has 0 saturated carbocycles. The third-order valence-electron chi connectivity index (χ3n) is 4.91. The Morgan fingerprint density at radius 3 is 2.58 bits per heavy atom. The van der Waals surface area contributed by atoms with Crippen LogP contribution in [-0.4, -0.2) is 27.4 Å². The first-order valence-electron chi connectivity index (χ1n) is 9.93. The molecule has 0 saturated heterocycles. The maximum absolute atomic E-state index is 13.2. The molecule has 9 heteroatoms. The zero-order chi connectivity index (χ0) is 22.8. The number of pyridine rings is 1. The molecule has 0 unspecified atom stereocenters. The molecule has 1 amide bonds. The lowest BCUT2D eigenvalue weighted by molar-refractivity contribution is -0.0498. The third-order valence-corrected chi connectivity index (χ3v) is 4.91. The van der Waals surface area contributed by atoms with E-state index in [1.54, 1.807) is 61.0 Å². The molecule has 0 fully saturated rings. The largest absolute Gasteiger partial charge is 0.463 e. The molecule has 0 radical (unpaired) electrons. The van der Waals surface area contributed by atoms with Crippen LogP contribution in [-0.2, 0) is 0 Å². The molecular weight excluding hydrogens is 430 g/mol. The van der Waals surface area contributed by atoms with E-state index in [9.17, 15) is 13.6 Å². The Balaban J connectivity index is 1.47. The molecule has 5 rings (SSSR count). The van der Waals surface area contributed by atoms with Crippen molar-refractivity contribution in [1.82, 2.24) is 14.9 Å². The van der Waals surface area contributed by atoms with Crippen molar-refractivity contribution in [2.75, 3.05) is 5.43 Å². The average Bonchev–Trinajstić information content (AvgIpc) is 3.50. The summed E-state index contributed by atoms with van der Waals surface area (Å²) in [4.78, 5) is 19.1. The van der Waals surface area contributed by atoms with Crippen molar-refractivity contribution in [3.05, 3.63) is 90.8 Å². The van der Waals surface area contributed by atoms with Gasteiger partial charge in [0.05, 0.1) is 23.0 Å². The number of nitrogens with zero attached hydrogens (tertiary/aromatic N) is 3. The van der Waals surface area contributed by atoms with E-state index in [2.05, 4.69) is 20.2 Å². The second-order valence-corrected chi connectivity index (χ2v) is 7.04. The van der Waals surface area contributed by atoms with Crippen LogP contribution in [0.3, 0.4) is 0 Å². The van der Waals surface area contributed by atoms with Gasteiger partial charge in [0.15, 0.2) is 5.76 Å². The van der Waals surface area contributed by atoms with Crippen molar-refractivity contribution in [2.45, 2.75) is 6.61 Å². The molecule has 3 aromatic heterocycles. The maximum atomic E-state index is 13.2. The number of rotatable bonds is 6. The van der Waals surface area contributed by atoms with Crippen molar-refractivity contribution in [1.29, 1.82) is 0 Å². The van der Waals surface area contributed by atoms with Gasteiger partial charge in [-0.15, -0.1) is 5.10 Å². The zero-order valence-electron chi connectivity index (χ0n) is 17.0. The summed E-state index contributed by atoms with van der Waals surface area (Å²) in [5.74, 6) is 0.235. The Morgan fingerprint density at radius 2 is 1.82 bits per heavy atom. The predicted octanol–water partition coefficient (Wildman–Crippen LogP) is 5.34. The van der Waals surface area contributed by atoms with Gasteiger partial charge in [-0.1, -0.05) is 18.2 Å². The van der Waals surface area contributed by atoms with Gasteiger partial charge >= 0.3 is 6.61 Å². The summed E-state index contributed by atoms with van der Waals surface area (Å²) < 4.78 is 34.6. The lowest BCUT2D eigenvalue weighted by Gasteiger charge is -2.11. The quantitative estimate of drug-likeness (QED) is 0.381. The molecule has 0 spiro atoms. The number of halogens is 2. The summed E-state index contributed by atoms with van der Waals surface area (Å²) in [6.45, 7) is -2.90. The minimum absolute atomic E-state index is 0.0403. The summed E-state index contributed by atoms with van der Waals surface area (Å²) in [6.07, 6.45) is 3.16. The van der Waals surface area contributed by atoms with Crippen molar-refractivity contribution < 1.29 is 22.7 Å². The first-order valence-corrected chi connectivity index (χ1v) is 9.93. The number of benzene rings is 2. The molecular formula is C24H16F2N4O3. The molecule has 0 aliphatic rings. The van der Waals surface area contributed by atoms with Gasteiger partial charge in [-0.3, -0.25) is 4.79 Å². The monoisotopic (exact) mass is 446 g/mol. The number of furan rings is 1. The van der Waals surface area contributed by atoms with Crippen LogP contribution in [0.4, 0.5) is 8.78 Å². The molecule has 0 atom stereocenters. The molecule has 3 heterocycles. The van der Waals surface area contributed by atoms with Gasteiger partial charge in [0.25, 0.3) is 5.91 Å². The number of aromatic nitrogens is 3. The summed E-state index contributed by atoms with van der Waals surface area (Å²) in [5, 5.41) is 4.97. The van der Waals surface area contributed by atoms with E-state index in [1.807, 2.05) is 12.1 Å². The van der Waals surface area contributed by atoms with Crippen LogP contribution in [0, 0.1) is 0 Å². The van der Waals surface area contributed by atoms with Crippen LogP contribution < -0.4 is 10.2 Å². The fourth-order valence-electron chi connectivity index (χ4n) is 3.42. The van der Waals surface area contributed by atoms with Gasteiger partial charge in [0.2, 0.25) is 0 Å². The van der Waals surface area contributed by atoms with E-state index in [0.717, 1.165) is 0 Å². The Kier molecular flexibility index (Phi) is 5.27. The summed E-state index contributed by atoms with van der Waals surface area (Å²) >= 11 is 0. The Bertz CT molecular complexity index is 1410. The third kappa shape index (κ3) is 4.29. The molecule has 1 N–H and O–H groups in total. The smallest absolute Gasteiger partial charge is 0.387 e. The Labute approximate surface area is 186 Å². The molecule has 2 aromatic carbocycles. The highest BCUT2D eigenvalue weighted by molar-refractivity contribution is 6.10. The zero-order valence-corrected chi connectivity index (χ0v) is 17.0. The number of nitrogens with one attached hydrogen (secondary N) is 1. The lowest BCUT2D eigenvalue weighted by atomic mass is 10.0. The molecule has 7 nitrogen and oxygen atoms in total. The number of hydrogen-bond donors (Lipinski definition) is 1. The van der Waals surface area contributed by atoms with Crippen LogP contribution in [0.2, 0.25) is 0 Å². The van der Waals surface area contributed by atoms with Crippen LogP contribution in [0.25, 0.3) is 33.6 Å². The molecule has 5 aromatic rings. The van der Waals surface area contributed by atoms with Gasteiger partial charge in [0, 0.05) is 17.1 Å². The Hall–Kier alpha value is -4.53. The summed E-state index contributed by atoms with van der Waals surface area (Å²) in [7, 11) is 0. The van der Waals surface area contributed by atoms with Crippen molar-refractivity contribution >= 4 is 16.8 Å². The molecule has 164 valence electrons. The van der Waals surface area contributed by atoms with Crippen molar-refractivity contribution in [3.63, 3.8) is 0 Å². The van der Waals surface area contributed by atoms with Crippen molar-refractivity contribution in [2.24, 2.45) is 0 Å². The average molecular weight is 446 g/mol. The Morgan fingerprint density at radius 1 is 1.00 bits per heavy atom. The highest BCUT2D eigenvalue weighted by Crippen LogP contribution is 2.27. The normalized spacial score (nSPS) is 11.1. The number of ether oxygens (including phenoxy) is 1. The van der Waals surface area contributed by atoms with E-state index >= 15 is 0 Å². The van der Waals surface area contributed by atoms with E-state index < -0.39 is 6.61 Å². The first kappa shape index (κ1) is 20.4. The number of amides is 1. The van der Waals surface area contributed by atoms with Gasteiger partial charge < -0.3 is 9.15 Å². The summed E-state index contributed by atoms with van der Waals surface area (Å²) in [6, 6.07) is 20.2. The minimum Gasteiger partial charge on any atom is -0.463 e. The van der Waals surface area contributed by atoms with Crippen LogP contribution in [0.5, 0.6) is 5.75 Å². The van der Waals surface area contributed by atoms with Crippen LogP contribution >= 0.6 is 0 Å². The number of carbonyl (C=O) groups excluding carboxylic acids is 1. The number of alkyl halides is 2. The number of fused-ring (bicyclic) bond motifs is 1. The van der Waals surface area contributed by atoms with E-state index in [0.29, 0.717) is 39.2 Å². The van der Waals surface area contributed by atoms with Crippen LogP contribution in [0.15, 0.2) is 89.7 Å². The maximum Gasteiger partial charge on any atom is 0.387 e.